The molecule has 130 valence electrons. The number of aromatic carboxylic acids is 1. The first-order valence-corrected chi connectivity index (χ1v) is 8.71. The van der Waals surface area contributed by atoms with Crippen molar-refractivity contribution in [2.75, 3.05) is 13.1 Å². The molecule has 3 aromatic rings. The summed E-state index contributed by atoms with van der Waals surface area (Å²) in [6.45, 7) is 7.99. The standard InChI is InChI=1S/C21H24N2O2/c1-4-23(5-2)20(16-10-6-7-11-17(16)21(24)25)18-13-22-19-14(3)9-8-12-15(18)19/h6-13,20,22H,4-5H2,1-3H3,(H,24,25). The summed E-state index contributed by atoms with van der Waals surface area (Å²) in [4.78, 5) is 17.5. The number of rotatable bonds is 6. The van der Waals surface area contributed by atoms with Gasteiger partial charge in [-0.3, -0.25) is 4.90 Å². The summed E-state index contributed by atoms with van der Waals surface area (Å²) in [7, 11) is 0. The lowest BCUT2D eigenvalue weighted by atomic mass is 9.92. The average Bonchev–Trinajstić information content (AvgIpc) is 3.04. The Kier molecular flexibility index (Phi) is 4.91. The zero-order valence-electron chi connectivity index (χ0n) is 14.9. The summed E-state index contributed by atoms with van der Waals surface area (Å²) in [6, 6.07) is 13.5. The molecular formula is C21H24N2O2. The van der Waals surface area contributed by atoms with Crippen LogP contribution in [0.15, 0.2) is 48.7 Å². The van der Waals surface area contributed by atoms with E-state index in [1.807, 2.05) is 18.3 Å². The lowest BCUT2D eigenvalue weighted by molar-refractivity contribution is 0.0693. The fourth-order valence-corrected chi connectivity index (χ4v) is 3.63. The Hall–Kier alpha value is -2.59. The van der Waals surface area contributed by atoms with Gasteiger partial charge in [-0.1, -0.05) is 50.2 Å². The molecule has 0 radical (unpaired) electrons. The molecule has 0 aliphatic heterocycles. The number of carbonyl (C=O) groups is 1. The number of nitrogens with one attached hydrogen (secondary N) is 1. The third kappa shape index (κ3) is 3.05. The fourth-order valence-electron chi connectivity index (χ4n) is 3.63. The first kappa shape index (κ1) is 17.2. The van der Waals surface area contributed by atoms with Crippen molar-refractivity contribution in [3.05, 3.63) is 70.9 Å². The van der Waals surface area contributed by atoms with Crippen LogP contribution in [-0.2, 0) is 0 Å². The molecule has 4 heteroatoms. The molecule has 4 nitrogen and oxygen atoms in total. The van der Waals surface area contributed by atoms with Gasteiger partial charge in [-0.2, -0.15) is 0 Å². The SMILES string of the molecule is CCN(CC)C(c1ccccc1C(=O)O)c1c[nH]c2c(C)cccc12. The molecule has 0 saturated carbocycles. The van der Waals surface area contributed by atoms with Crippen molar-refractivity contribution < 1.29 is 9.90 Å². The molecule has 0 fully saturated rings. The highest BCUT2D eigenvalue weighted by Crippen LogP contribution is 2.36. The predicted molar refractivity (Wildman–Crippen MR) is 101 cm³/mol. The third-order valence-electron chi connectivity index (χ3n) is 4.91. The van der Waals surface area contributed by atoms with Crippen molar-refractivity contribution in [1.29, 1.82) is 0 Å². The van der Waals surface area contributed by atoms with Crippen LogP contribution in [-0.4, -0.2) is 34.0 Å². The van der Waals surface area contributed by atoms with Crippen LogP contribution in [0.3, 0.4) is 0 Å². The maximum absolute atomic E-state index is 11.8. The number of aromatic amines is 1. The second-order valence-electron chi connectivity index (χ2n) is 6.26. The van der Waals surface area contributed by atoms with Gasteiger partial charge in [0.15, 0.2) is 0 Å². The zero-order chi connectivity index (χ0) is 18.0. The third-order valence-corrected chi connectivity index (χ3v) is 4.91. The highest BCUT2D eigenvalue weighted by Gasteiger charge is 2.27. The molecule has 3 rings (SSSR count). The Balaban J connectivity index is 2.26. The summed E-state index contributed by atoms with van der Waals surface area (Å²) in [5.41, 5.74) is 4.62. The van der Waals surface area contributed by atoms with Crippen molar-refractivity contribution in [1.82, 2.24) is 9.88 Å². The van der Waals surface area contributed by atoms with Crippen molar-refractivity contribution in [3.63, 3.8) is 0 Å². The van der Waals surface area contributed by atoms with E-state index in [0.717, 1.165) is 35.1 Å². The molecule has 0 saturated heterocycles. The summed E-state index contributed by atoms with van der Waals surface area (Å²) in [5, 5.41) is 10.8. The van der Waals surface area contributed by atoms with Crippen LogP contribution >= 0.6 is 0 Å². The molecule has 1 atom stereocenters. The maximum Gasteiger partial charge on any atom is 0.336 e. The summed E-state index contributed by atoms with van der Waals surface area (Å²) in [6.07, 6.45) is 2.03. The van der Waals surface area contributed by atoms with Crippen molar-refractivity contribution in [2.24, 2.45) is 0 Å². The number of benzene rings is 2. The molecule has 0 aliphatic carbocycles. The first-order valence-electron chi connectivity index (χ1n) is 8.71. The Morgan fingerprint density at radius 3 is 2.48 bits per heavy atom. The smallest absolute Gasteiger partial charge is 0.336 e. The monoisotopic (exact) mass is 336 g/mol. The number of hydrogen-bond acceptors (Lipinski definition) is 2. The second-order valence-corrected chi connectivity index (χ2v) is 6.26. The van der Waals surface area contributed by atoms with Crippen molar-refractivity contribution >= 4 is 16.9 Å². The molecular weight excluding hydrogens is 312 g/mol. The normalized spacial score (nSPS) is 12.6. The van der Waals surface area contributed by atoms with Crippen LogP contribution in [0.2, 0.25) is 0 Å². The number of fused-ring (bicyclic) bond motifs is 1. The predicted octanol–water partition coefficient (Wildman–Crippen LogP) is 4.61. The second kappa shape index (κ2) is 7.11. The lowest BCUT2D eigenvalue weighted by Crippen LogP contribution is -2.30. The van der Waals surface area contributed by atoms with E-state index < -0.39 is 5.97 Å². The van der Waals surface area contributed by atoms with Gasteiger partial charge in [0, 0.05) is 17.1 Å². The van der Waals surface area contributed by atoms with E-state index >= 15 is 0 Å². The Bertz CT molecular complexity index is 894. The van der Waals surface area contributed by atoms with Gasteiger partial charge < -0.3 is 10.1 Å². The van der Waals surface area contributed by atoms with Crippen LogP contribution < -0.4 is 0 Å². The Morgan fingerprint density at radius 1 is 1.08 bits per heavy atom. The first-order chi connectivity index (χ1) is 12.1. The van der Waals surface area contributed by atoms with Crippen molar-refractivity contribution in [2.45, 2.75) is 26.8 Å². The van der Waals surface area contributed by atoms with Crippen LogP contribution in [0.25, 0.3) is 10.9 Å². The molecule has 2 N–H and O–H groups in total. The summed E-state index contributed by atoms with van der Waals surface area (Å²) in [5.74, 6) is -0.885. The molecule has 0 amide bonds. The quantitative estimate of drug-likeness (QED) is 0.691. The Labute approximate surface area is 148 Å². The number of carboxylic acid groups (broad SMARTS) is 1. The number of aryl methyl sites for hydroxylation is 1. The van der Waals surface area contributed by atoms with E-state index in [4.69, 9.17) is 0 Å². The maximum atomic E-state index is 11.8. The van der Waals surface area contributed by atoms with Gasteiger partial charge in [-0.25, -0.2) is 4.79 Å². The molecule has 2 aromatic carbocycles. The zero-order valence-corrected chi connectivity index (χ0v) is 14.9. The number of hydrogen-bond donors (Lipinski definition) is 2. The molecule has 0 aliphatic rings. The van der Waals surface area contributed by atoms with Crippen LogP contribution in [0.4, 0.5) is 0 Å². The number of nitrogens with zero attached hydrogens (tertiary/aromatic N) is 1. The van der Waals surface area contributed by atoms with Crippen molar-refractivity contribution in [3.8, 4) is 0 Å². The molecule has 0 spiro atoms. The molecule has 0 bridgehead atoms. The molecule has 1 heterocycles. The summed E-state index contributed by atoms with van der Waals surface area (Å²) < 4.78 is 0. The highest BCUT2D eigenvalue weighted by molar-refractivity contribution is 5.91. The van der Waals surface area contributed by atoms with Crippen LogP contribution in [0, 0.1) is 6.92 Å². The van der Waals surface area contributed by atoms with Gasteiger partial charge in [0.25, 0.3) is 0 Å². The van der Waals surface area contributed by atoms with Gasteiger partial charge >= 0.3 is 5.97 Å². The minimum atomic E-state index is -0.885. The highest BCUT2D eigenvalue weighted by atomic mass is 16.4. The number of H-pyrrole nitrogens is 1. The minimum absolute atomic E-state index is 0.0992. The van der Waals surface area contributed by atoms with Gasteiger partial charge in [-0.15, -0.1) is 0 Å². The van der Waals surface area contributed by atoms with E-state index in [9.17, 15) is 9.90 Å². The fraction of sp³-hybridized carbons (Fsp3) is 0.286. The number of para-hydroxylation sites is 1. The Morgan fingerprint density at radius 2 is 1.80 bits per heavy atom. The number of aromatic nitrogens is 1. The van der Waals surface area contributed by atoms with Gasteiger partial charge in [-0.05, 0) is 42.8 Å². The van der Waals surface area contributed by atoms with Crippen LogP contribution in [0.1, 0.15) is 46.9 Å². The van der Waals surface area contributed by atoms with E-state index in [-0.39, 0.29) is 6.04 Å². The molecule has 25 heavy (non-hydrogen) atoms. The summed E-state index contributed by atoms with van der Waals surface area (Å²) >= 11 is 0. The molecule has 1 aromatic heterocycles. The van der Waals surface area contributed by atoms with Gasteiger partial charge in [0.05, 0.1) is 11.6 Å². The molecule has 1 unspecified atom stereocenters. The lowest BCUT2D eigenvalue weighted by Gasteiger charge is -2.31. The van der Waals surface area contributed by atoms with E-state index in [1.165, 1.54) is 5.56 Å². The van der Waals surface area contributed by atoms with Gasteiger partial charge in [0.2, 0.25) is 0 Å². The van der Waals surface area contributed by atoms with E-state index in [1.54, 1.807) is 12.1 Å². The van der Waals surface area contributed by atoms with E-state index in [0.29, 0.717) is 5.56 Å². The van der Waals surface area contributed by atoms with E-state index in [2.05, 4.69) is 48.9 Å². The average molecular weight is 336 g/mol. The minimum Gasteiger partial charge on any atom is -0.478 e. The van der Waals surface area contributed by atoms with Gasteiger partial charge in [0.1, 0.15) is 0 Å². The van der Waals surface area contributed by atoms with Crippen LogP contribution in [0.5, 0.6) is 0 Å². The largest absolute Gasteiger partial charge is 0.478 e. The number of carboxylic acids is 1. The topological polar surface area (TPSA) is 56.3 Å².